The van der Waals surface area contributed by atoms with Crippen LogP contribution in [0.3, 0.4) is 0 Å². The van der Waals surface area contributed by atoms with Gasteiger partial charge >= 0.3 is 5.97 Å². The quantitative estimate of drug-likeness (QED) is 0.0864. The summed E-state index contributed by atoms with van der Waals surface area (Å²) in [5.74, 6) is -3.02. The molecular weight excluding hydrogens is 644 g/mol. The molecule has 11 heteroatoms. The van der Waals surface area contributed by atoms with Gasteiger partial charge in [0.25, 0.3) is 0 Å². The average molecular weight is 685 g/mol. The number of aromatic amines is 2. The zero-order valence-corrected chi connectivity index (χ0v) is 27.8. The molecule has 4 atom stereocenters. The first kappa shape index (κ1) is 34.7. The Morgan fingerprint density at radius 2 is 0.941 bits per heavy atom. The van der Waals surface area contributed by atoms with Gasteiger partial charge in [0.05, 0.1) is 6.04 Å². The van der Waals surface area contributed by atoms with E-state index in [0.717, 1.165) is 44.1 Å². The van der Waals surface area contributed by atoms with E-state index in [0.29, 0.717) is 0 Å². The van der Waals surface area contributed by atoms with E-state index in [1.165, 1.54) is 0 Å². The summed E-state index contributed by atoms with van der Waals surface area (Å²) in [6, 6.07) is 29.1. The Labute approximate surface area is 294 Å². The number of carboxylic acids is 1. The number of nitrogens with two attached hydrogens (primary N) is 1. The van der Waals surface area contributed by atoms with Gasteiger partial charge in [0.1, 0.15) is 18.1 Å². The average Bonchev–Trinajstić information content (AvgIpc) is 3.75. The molecule has 4 aromatic carbocycles. The molecule has 8 N–H and O–H groups in total. The van der Waals surface area contributed by atoms with Crippen molar-refractivity contribution in [3.05, 3.63) is 144 Å². The predicted octanol–water partition coefficient (Wildman–Crippen LogP) is 3.79. The number of carbonyl (C=O) groups is 4. The molecule has 6 rings (SSSR count). The second-order valence-corrected chi connectivity index (χ2v) is 12.6. The summed E-state index contributed by atoms with van der Waals surface area (Å²) in [6.07, 6.45) is 3.98. The van der Waals surface area contributed by atoms with Crippen LogP contribution in [0.25, 0.3) is 21.8 Å². The van der Waals surface area contributed by atoms with E-state index in [9.17, 15) is 24.3 Å². The topological polar surface area (TPSA) is 182 Å². The number of benzene rings is 4. The summed E-state index contributed by atoms with van der Waals surface area (Å²) in [5.41, 5.74) is 11.1. The lowest BCUT2D eigenvalue weighted by Gasteiger charge is -2.25. The number of rotatable bonds is 15. The Morgan fingerprint density at radius 1 is 0.529 bits per heavy atom. The minimum Gasteiger partial charge on any atom is -0.480 e. The van der Waals surface area contributed by atoms with Crippen molar-refractivity contribution in [2.45, 2.75) is 49.9 Å². The molecule has 0 saturated carbocycles. The van der Waals surface area contributed by atoms with Crippen LogP contribution in [0, 0.1) is 0 Å². The molecular formula is C40H40N6O5. The smallest absolute Gasteiger partial charge is 0.326 e. The number of nitrogens with one attached hydrogen (secondary N) is 5. The Bertz CT molecular complexity index is 2130. The number of H-pyrrole nitrogens is 2. The SMILES string of the molecule is NC(Cc1ccccc1)C(=O)NC(Cc1ccccc1)C(=O)NC(Cc1c[nH]c2ccccc12)C(=O)NC(Cc1c[nH]c2ccccc12)C(=O)O. The van der Waals surface area contributed by atoms with Gasteiger partial charge in [-0.15, -0.1) is 0 Å². The van der Waals surface area contributed by atoms with Crippen LogP contribution in [0.4, 0.5) is 0 Å². The first-order valence-electron chi connectivity index (χ1n) is 16.8. The fourth-order valence-electron chi connectivity index (χ4n) is 6.29. The molecule has 0 aliphatic heterocycles. The van der Waals surface area contributed by atoms with Crippen LogP contribution < -0.4 is 21.7 Å². The normalized spacial score (nSPS) is 13.6. The Balaban J connectivity index is 1.25. The number of aromatic nitrogens is 2. The molecule has 0 spiro atoms. The van der Waals surface area contributed by atoms with Crippen molar-refractivity contribution >= 4 is 45.5 Å². The maximum absolute atomic E-state index is 14.1. The van der Waals surface area contributed by atoms with E-state index >= 15 is 0 Å². The lowest BCUT2D eigenvalue weighted by molar-refractivity contribution is -0.142. The number of hydrogen-bond donors (Lipinski definition) is 7. The van der Waals surface area contributed by atoms with Crippen LogP contribution in [0.5, 0.6) is 0 Å². The molecule has 2 aromatic heterocycles. The highest BCUT2D eigenvalue weighted by molar-refractivity contribution is 5.95. The van der Waals surface area contributed by atoms with Crippen molar-refractivity contribution in [1.29, 1.82) is 0 Å². The van der Waals surface area contributed by atoms with Gasteiger partial charge in [-0.25, -0.2) is 4.79 Å². The van der Waals surface area contributed by atoms with E-state index in [4.69, 9.17) is 5.73 Å². The molecule has 0 saturated heterocycles. The van der Waals surface area contributed by atoms with E-state index in [-0.39, 0.29) is 25.7 Å². The van der Waals surface area contributed by atoms with Crippen LogP contribution in [-0.2, 0) is 44.9 Å². The summed E-state index contributed by atoms with van der Waals surface area (Å²) in [5, 5.41) is 20.2. The maximum atomic E-state index is 14.1. The number of carbonyl (C=O) groups excluding carboxylic acids is 3. The first-order chi connectivity index (χ1) is 24.7. The number of hydrogen-bond acceptors (Lipinski definition) is 5. The third kappa shape index (κ3) is 8.70. The molecule has 51 heavy (non-hydrogen) atoms. The van der Waals surface area contributed by atoms with Gasteiger partial charge in [-0.3, -0.25) is 14.4 Å². The molecule has 0 bridgehead atoms. The second kappa shape index (κ2) is 16.0. The van der Waals surface area contributed by atoms with E-state index in [1.54, 1.807) is 12.4 Å². The molecule has 3 amide bonds. The monoisotopic (exact) mass is 684 g/mol. The molecule has 11 nitrogen and oxygen atoms in total. The zero-order chi connectivity index (χ0) is 35.7. The molecule has 0 radical (unpaired) electrons. The number of fused-ring (bicyclic) bond motifs is 2. The van der Waals surface area contributed by atoms with Gasteiger partial charge < -0.3 is 36.8 Å². The lowest BCUT2D eigenvalue weighted by Crippen LogP contribution is -2.58. The predicted molar refractivity (Wildman–Crippen MR) is 196 cm³/mol. The summed E-state index contributed by atoms with van der Waals surface area (Å²) in [6.45, 7) is 0. The van der Waals surface area contributed by atoms with Gasteiger partial charge in [-0.1, -0.05) is 97.1 Å². The van der Waals surface area contributed by atoms with Crippen molar-refractivity contribution in [2.75, 3.05) is 0 Å². The van der Waals surface area contributed by atoms with E-state index in [2.05, 4.69) is 25.9 Å². The van der Waals surface area contributed by atoms with Crippen LogP contribution in [0.15, 0.2) is 122 Å². The molecule has 6 aromatic rings. The second-order valence-electron chi connectivity index (χ2n) is 12.6. The molecule has 4 unspecified atom stereocenters. The number of amides is 3. The zero-order valence-electron chi connectivity index (χ0n) is 27.8. The third-order valence-corrected chi connectivity index (χ3v) is 9.00. The minimum atomic E-state index is -1.28. The van der Waals surface area contributed by atoms with Crippen LogP contribution >= 0.6 is 0 Å². The van der Waals surface area contributed by atoms with Crippen LogP contribution in [-0.4, -0.2) is 62.9 Å². The van der Waals surface area contributed by atoms with Crippen LogP contribution in [0.2, 0.25) is 0 Å². The van der Waals surface area contributed by atoms with Crippen LogP contribution in [0.1, 0.15) is 22.3 Å². The summed E-state index contributed by atoms with van der Waals surface area (Å²) < 4.78 is 0. The molecule has 2 heterocycles. The number of carboxylic acid groups (broad SMARTS) is 1. The summed E-state index contributed by atoms with van der Waals surface area (Å²) in [4.78, 5) is 60.4. The van der Waals surface area contributed by atoms with Gasteiger partial charge in [-0.05, 0) is 40.8 Å². The van der Waals surface area contributed by atoms with Gasteiger partial charge in [0.2, 0.25) is 17.7 Å². The Hall–Kier alpha value is -6.20. The third-order valence-electron chi connectivity index (χ3n) is 9.00. The standard InChI is InChI=1S/C40H40N6O5/c41-31(19-25-11-3-1-4-12-25)37(47)44-34(20-26-13-5-2-6-14-26)38(48)45-35(21-27-23-42-32-17-9-7-15-29(27)32)39(49)46-36(40(50)51)22-28-24-43-33-18-10-8-16-30(28)33/h1-18,23-24,31,34-36,42-43H,19-22,41H2,(H,44,47)(H,45,48)(H,46,49)(H,50,51). The summed E-state index contributed by atoms with van der Waals surface area (Å²) >= 11 is 0. The minimum absolute atomic E-state index is 0.0187. The Kier molecular flexibility index (Phi) is 10.9. The molecule has 0 fully saturated rings. The fraction of sp³-hybridized carbons (Fsp3) is 0.200. The van der Waals surface area contributed by atoms with Crippen molar-refractivity contribution in [3.8, 4) is 0 Å². The van der Waals surface area contributed by atoms with Gasteiger partial charge in [-0.2, -0.15) is 0 Å². The van der Waals surface area contributed by atoms with Crippen molar-refractivity contribution in [2.24, 2.45) is 5.73 Å². The highest BCUT2D eigenvalue weighted by Gasteiger charge is 2.32. The molecule has 0 aliphatic carbocycles. The van der Waals surface area contributed by atoms with Crippen molar-refractivity contribution in [1.82, 2.24) is 25.9 Å². The highest BCUT2D eigenvalue weighted by Crippen LogP contribution is 2.21. The van der Waals surface area contributed by atoms with Gasteiger partial charge in [0.15, 0.2) is 0 Å². The lowest BCUT2D eigenvalue weighted by atomic mass is 10.00. The van der Waals surface area contributed by atoms with E-state index in [1.807, 2.05) is 109 Å². The largest absolute Gasteiger partial charge is 0.480 e. The summed E-state index contributed by atoms with van der Waals surface area (Å²) in [7, 11) is 0. The van der Waals surface area contributed by atoms with Gasteiger partial charge in [0, 0.05) is 53.5 Å². The first-order valence-corrected chi connectivity index (χ1v) is 16.8. The maximum Gasteiger partial charge on any atom is 0.326 e. The van der Waals surface area contributed by atoms with E-state index < -0.39 is 47.9 Å². The fourth-order valence-corrected chi connectivity index (χ4v) is 6.29. The number of para-hydroxylation sites is 2. The number of aliphatic carboxylic acids is 1. The van der Waals surface area contributed by atoms with Crippen molar-refractivity contribution in [3.63, 3.8) is 0 Å². The molecule has 260 valence electrons. The highest BCUT2D eigenvalue weighted by atomic mass is 16.4. The van der Waals surface area contributed by atoms with Crippen molar-refractivity contribution < 1.29 is 24.3 Å². The Morgan fingerprint density at radius 3 is 1.47 bits per heavy atom. The molecule has 0 aliphatic rings.